The van der Waals surface area contributed by atoms with Gasteiger partial charge in [0.2, 0.25) is 5.91 Å². The van der Waals surface area contributed by atoms with Crippen molar-refractivity contribution in [3.8, 4) is 11.8 Å². The maximum absolute atomic E-state index is 12.3. The highest BCUT2D eigenvalue weighted by molar-refractivity contribution is 6.07. The summed E-state index contributed by atoms with van der Waals surface area (Å²) in [6.45, 7) is -1.55. The fourth-order valence-corrected chi connectivity index (χ4v) is 2.20. The van der Waals surface area contributed by atoms with Crippen molar-refractivity contribution in [2.75, 3.05) is 18.5 Å². The smallest absolute Gasteiger partial charge is 0.405 e. The molecule has 2 N–H and O–H groups in total. The number of alkyl halides is 3. The minimum Gasteiger partial charge on any atom is -0.479 e. The van der Waals surface area contributed by atoms with Crippen LogP contribution in [-0.4, -0.2) is 31.1 Å². The number of para-hydroxylation sites is 1. The Labute approximate surface area is 164 Å². The lowest BCUT2D eigenvalue weighted by Crippen LogP contribution is -2.34. The summed E-state index contributed by atoms with van der Waals surface area (Å²) in [7, 11) is 0. The Morgan fingerprint density at radius 1 is 1.10 bits per heavy atom. The molecule has 0 atom stereocenters. The number of ether oxygens (including phenoxy) is 1. The maximum Gasteiger partial charge on any atom is 0.405 e. The second kappa shape index (κ2) is 9.94. The van der Waals surface area contributed by atoms with E-state index in [-0.39, 0.29) is 17.9 Å². The monoisotopic (exact) mass is 403 g/mol. The fraction of sp³-hybridized carbons (Fsp3) is 0.150. The second-order valence-corrected chi connectivity index (χ2v) is 5.68. The Morgan fingerprint density at radius 3 is 2.45 bits per heavy atom. The molecule has 0 unspecified atom stereocenters. The Hall–Kier alpha value is -3.80. The van der Waals surface area contributed by atoms with Gasteiger partial charge < -0.3 is 15.4 Å². The molecule has 0 saturated carbocycles. The molecule has 0 spiro atoms. The molecule has 0 fully saturated rings. The Morgan fingerprint density at radius 2 is 1.79 bits per heavy atom. The van der Waals surface area contributed by atoms with Crippen molar-refractivity contribution in [2.45, 2.75) is 6.18 Å². The molecule has 0 aromatic heterocycles. The summed E-state index contributed by atoms with van der Waals surface area (Å²) in [5.74, 6) is -1.01. The highest BCUT2D eigenvalue weighted by Crippen LogP contribution is 2.17. The van der Waals surface area contributed by atoms with E-state index in [4.69, 9.17) is 10.00 Å². The van der Waals surface area contributed by atoms with Crippen LogP contribution >= 0.6 is 0 Å². The average molecular weight is 403 g/mol. The second-order valence-electron chi connectivity index (χ2n) is 5.68. The number of anilines is 1. The van der Waals surface area contributed by atoms with Crippen LogP contribution in [0.25, 0.3) is 6.08 Å². The Bertz CT molecular complexity index is 932. The van der Waals surface area contributed by atoms with Gasteiger partial charge in [0, 0.05) is 6.08 Å². The number of nitriles is 1. The van der Waals surface area contributed by atoms with E-state index in [0.29, 0.717) is 11.3 Å². The fourth-order valence-electron chi connectivity index (χ4n) is 2.20. The van der Waals surface area contributed by atoms with Crippen molar-refractivity contribution in [3.05, 3.63) is 65.7 Å². The number of halogens is 3. The molecule has 0 aliphatic carbocycles. The van der Waals surface area contributed by atoms with Gasteiger partial charge in [0.15, 0.2) is 6.61 Å². The van der Waals surface area contributed by atoms with Gasteiger partial charge in [0.05, 0.1) is 11.3 Å². The normalized spacial score (nSPS) is 11.0. The minimum atomic E-state index is -4.54. The van der Waals surface area contributed by atoms with E-state index in [0.717, 1.165) is 0 Å². The van der Waals surface area contributed by atoms with Gasteiger partial charge in [0.1, 0.15) is 18.4 Å². The zero-order chi connectivity index (χ0) is 21.3. The van der Waals surface area contributed by atoms with Gasteiger partial charge in [-0.15, -0.1) is 0 Å². The first-order valence-electron chi connectivity index (χ1n) is 8.31. The van der Waals surface area contributed by atoms with Crippen molar-refractivity contribution < 1.29 is 27.5 Å². The number of carbonyl (C=O) groups excluding carboxylic acids is 2. The standard InChI is InChI=1S/C20H16F3N3O3/c21-20(22,23)13-25-19(28)16-3-1-2-4-17(16)26-18(27)10-7-14-5-8-15(9-6-14)29-12-11-24/h1-10H,12-13H2,(H,25,28)(H,26,27)/b10-7+. The number of nitrogens with zero attached hydrogens (tertiary/aromatic N) is 1. The van der Waals surface area contributed by atoms with Crippen molar-refractivity contribution in [2.24, 2.45) is 0 Å². The molecule has 2 amide bonds. The third-order valence-corrected chi connectivity index (χ3v) is 3.49. The quantitative estimate of drug-likeness (QED) is 0.692. The predicted molar refractivity (Wildman–Crippen MR) is 100 cm³/mol. The molecule has 0 aliphatic heterocycles. The summed E-state index contributed by atoms with van der Waals surface area (Å²) in [6.07, 6.45) is -1.81. The van der Waals surface area contributed by atoms with E-state index in [2.05, 4.69) is 5.32 Å². The largest absolute Gasteiger partial charge is 0.479 e. The summed E-state index contributed by atoms with van der Waals surface area (Å²) < 4.78 is 41.9. The molecule has 0 aliphatic rings. The van der Waals surface area contributed by atoms with Crippen LogP contribution in [0, 0.1) is 11.3 Å². The molecule has 2 rings (SSSR count). The average Bonchev–Trinajstić information content (AvgIpc) is 2.69. The third kappa shape index (κ3) is 7.38. The summed E-state index contributed by atoms with van der Waals surface area (Å²) in [5.41, 5.74) is 0.681. The highest BCUT2D eigenvalue weighted by Gasteiger charge is 2.28. The van der Waals surface area contributed by atoms with Gasteiger partial charge in [-0.05, 0) is 35.9 Å². The lowest BCUT2D eigenvalue weighted by Gasteiger charge is -2.11. The maximum atomic E-state index is 12.3. The van der Waals surface area contributed by atoms with Crippen LogP contribution in [0.3, 0.4) is 0 Å². The first-order chi connectivity index (χ1) is 13.8. The lowest BCUT2D eigenvalue weighted by atomic mass is 10.1. The van der Waals surface area contributed by atoms with Crippen molar-refractivity contribution in [1.29, 1.82) is 5.26 Å². The van der Waals surface area contributed by atoms with Gasteiger partial charge in [-0.1, -0.05) is 24.3 Å². The first-order valence-corrected chi connectivity index (χ1v) is 8.31. The predicted octanol–water partition coefficient (Wildman–Crippen LogP) is 3.53. The van der Waals surface area contributed by atoms with Crippen LogP contribution in [0.15, 0.2) is 54.6 Å². The molecule has 150 valence electrons. The number of hydrogen-bond donors (Lipinski definition) is 2. The Kier molecular flexibility index (Phi) is 7.37. The van der Waals surface area contributed by atoms with Gasteiger partial charge in [-0.3, -0.25) is 9.59 Å². The molecule has 0 saturated heterocycles. The van der Waals surface area contributed by atoms with E-state index in [1.165, 1.54) is 30.4 Å². The molecule has 2 aromatic rings. The third-order valence-electron chi connectivity index (χ3n) is 3.49. The number of nitrogens with one attached hydrogen (secondary N) is 2. The SMILES string of the molecule is N#CCOc1ccc(/C=C/C(=O)Nc2ccccc2C(=O)NCC(F)(F)F)cc1. The number of hydrogen-bond acceptors (Lipinski definition) is 4. The molecule has 2 aromatic carbocycles. The zero-order valence-electron chi connectivity index (χ0n) is 15.0. The van der Waals surface area contributed by atoms with E-state index in [1.807, 2.05) is 6.07 Å². The Balaban J connectivity index is 2.01. The van der Waals surface area contributed by atoms with E-state index >= 15 is 0 Å². The summed E-state index contributed by atoms with van der Waals surface area (Å²) in [4.78, 5) is 24.1. The van der Waals surface area contributed by atoms with Gasteiger partial charge >= 0.3 is 6.18 Å². The molecule has 0 radical (unpaired) electrons. The first kappa shape index (κ1) is 21.5. The van der Waals surface area contributed by atoms with E-state index in [9.17, 15) is 22.8 Å². The van der Waals surface area contributed by atoms with Crippen LogP contribution in [0.4, 0.5) is 18.9 Å². The van der Waals surface area contributed by atoms with E-state index < -0.39 is 24.5 Å². The molecule has 6 nitrogen and oxygen atoms in total. The van der Waals surface area contributed by atoms with Gasteiger partial charge in [0.25, 0.3) is 5.91 Å². The number of rotatable bonds is 7. The van der Waals surface area contributed by atoms with Crippen LogP contribution < -0.4 is 15.4 Å². The molecular weight excluding hydrogens is 387 g/mol. The summed E-state index contributed by atoms with van der Waals surface area (Å²) in [5, 5.41) is 12.7. The number of benzene rings is 2. The topological polar surface area (TPSA) is 91.2 Å². The lowest BCUT2D eigenvalue weighted by molar-refractivity contribution is -0.123. The van der Waals surface area contributed by atoms with E-state index in [1.54, 1.807) is 35.6 Å². The molecule has 0 heterocycles. The van der Waals surface area contributed by atoms with Crippen molar-refractivity contribution in [1.82, 2.24) is 5.32 Å². The zero-order valence-corrected chi connectivity index (χ0v) is 15.0. The van der Waals surface area contributed by atoms with Crippen molar-refractivity contribution in [3.63, 3.8) is 0 Å². The van der Waals surface area contributed by atoms with Crippen LogP contribution in [0.5, 0.6) is 5.75 Å². The van der Waals surface area contributed by atoms with Crippen LogP contribution in [0.1, 0.15) is 15.9 Å². The minimum absolute atomic E-state index is 0.0758. The van der Waals surface area contributed by atoms with Crippen LogP contribution in [-0.2, 0) is 4.79 Å². The van der Waals surface area contributed by atoms with Crippen molar-refractivity contribution >= 4 is 23.6 Å². The van der Waals surface area contributed by atoms with Crippen LogP contribution in [0.2, 0.25) is 0 Å². The highest BCUT2D eigenvalue weighted by atomic mass is 19.4. The molecule has 0 bridgehead atoms. The summed E-state index contributed by atoms with van der Waals surface area (Å²) in [6, 6.07) is 14.2. The molecule has 9 heteroatoms. The number of carbonyl (C=O) groups is 2. The van der Waals surface area contributed by atoms with Gasteiger partial charge in [-0.25, -0.2) is 0 Å². The molecule has 29 heavy (non-hydrogen) atoms. The summed E-state index contributed by atoms with van der Waals surface area (Å²) >= 11 is 0. The number of amides is 2. The van der Waals surface area contributed by atoms with Gasteiger partial charge in [-0.2, -0.15) is 18.4 Å². The molecular formula is C20H16F3N3O3.